The Hall–Kier alpha value is -0.610. The third kappa shape index (κ3) is 3.23. The van der Waals surface area contributed by atoms with Crippen molar-refractivity contribution in [3.05, 3.63) is 0 Å². The Morgan fingerprint density at radius 3 is 2.56 bits per heavy atom. The highest BCUT2D eigenvalue weighted by Gasteiger charge is 2.27. The topological polar surface area (TPSA) is 49.6 Å². The first-order valence-corrected chi connectivity index (χ1v) is 7.45. The minimum absolute atomic E-state index is 0.0201. The molecule has 2 rings (SSSR count). The van der Waals surface area contributed by atoms with Crippen LogP contribution in [0, 0.1) is 5.92 Å². The molecule has 2 fully saturated rings. The van der Waals surface area contributed by atoms with Crippen LogP contribution in [0.15, 0.2) is 0 Å². The molecule has 2 unspecified atom stereocenters. The van der Waals surface area contributed by atoms with E-state index in [1.165, 1.54) is 32.4 Å². The number of amides is 1. The van der Waals surface area contributed by atoms with E-state index in [0.29, 0.717) is 12.6 Å². The molecule has 4 nitrogen and oxygen atoms in total. The van der Waals surface area contributed by atoms with Crippen LogP contribution < -0.4 is 5.73 Å². The van der Waals surface area contributed by atoms with Crippen molar-refractivity contribution in [2.24, 2.45) is 11.7 Å². The third-order valence-corrected chi connectivity index (χ3v) is 4.44. The molecule has 0 bridgehead atoms. The van der Waals surface area contributed by atoms with E-state index in [9.17, 15) is 4.79 Å². The maximum Gasteiger partial charge on any atom is 0.226 e. The number of hydrogen-bond donors (Lipinski definition) is 1. The van der Waals surface area contributed by atoms with E-state index in [1.54, 1.807) is 0 Å². The molecule has 0 spiro atoms. The zero-order valence-corrected chi connectivity index (χ0v) is 11.6. The lowest BCUT2D eigenvalue weighted by Gasteiger charge is -2.27. The van der Waals surface area contributed by atoms with Crippen molar-refractivity contribution in [1.29, 1.82) is 0 Å². The predicted molar refractivity (Wildman–Crippen MR) is 73.2 cm³/mol. The fraction of sp³-hybridized carbons (Fsp3) is 0.929. The van der Waals surface area contributed by atoms with Gasteiger partial charge in [-0.05, 0) is 45.2 Å². The number of nitrogens with two attached hydrogens (primary N) is 1. The summed E-state index contributed by atoms with van der Waals surface area (Å²) in [6.45, 7) is 6.77. The number of hydrogen-bond acceptors (Lipinski definition) is 3. The second kappa shape index (κ2) is 6.53. The van der Waals surface area contributed by atoms with Gasteiger partial charge in [-0.1, -0.05) is 6.92 Å². The van der Waals surface area contributed by atoms with Gasteiger partial charge in [0.15, 0.2) is 0 Å². The third-order valence-electron chi connectivity index (χ3n) is 4.44. The Bertz CT molecular complexity index is 276. The Kier molecular flexibility index (Phi) is 5.01. The van der Waals surface area contributed by atoms with Crippen LogP contribution in [0.3, 0.4) is 0 Å². The molecule has 2 aliphatic heterocycles. The molecule has 0 aliphatic carbocycles. The van der Waals surface area contributed by atoms with E-state index >= 15 is 0 Å². The smallest absolute Gasteiger partial charge is 0.226 e. The van der Waals surface area contributed by atoms with Crippen molar-refractivity contribution >= 4 is 5.91 Å². The molecule has 104 valence electrons. The summed E-state index contributed by atoms with van der Waals surface area (Å²) in [5, 5.41) is 0. The summed E-state index contributed by atoms with van der Waals surface area (Å²) < 4.78 is 0. The van der Waals surface area contributed by atoms with E-state index in [-0.39, 0.29) is 11.8 Å². The lowest BCUT2D eigenvalue weighted by molar-refractivity contribution is -0.134. The van der Waals surface area contributed by atoms with Crippen molar-refractivity contribution in [2.45, 2.75) is 45.1 Å². The van der Waals surface area contributed by atoms with Crippen LogP contribution in [-0.4, -0.2) is 54.5 Å². The highest BCUT2D eigenvalue weighted by molar-refractivity contribution is 5.78. The zero-order chi connectivity index (χ0) is 13.0. The largest absolute Gasteiger partial charge is 0.342 e. The van der Waals surface area contributed by atoms with Crippen LogP contribution in [0.5, 0.6) is 0 Å². The lowest BCUT2D eigenvalue weighted by Crippen LogP contribution is -2.39. The number of likely N-dealkylation sites (tertiary alicyclic amines) is 2. The van der Waals surface area contributed by atoms with Crippen molar-refractivity contribution < 1.29 is 4.79 Å². The SMILES string of the molecule is CC(CN)C(=O)N1CCCC(N2CCCC2)CC1. The van der Waals surface area contributed by atoms with Crippen molar-refractivity contribution in [3.63, 3.8) is 0 Å². The Labute approximate surface area is 110 Å². The molecule has 0 aromatic carbocycles. The molecule has 2 heterocycles. The zero-order valence-electron chi connectivity index (χ0n) is 11.6. The van der Waals surface area contributed by atoms with Crippen LogP contribution in [0.25, 0.3) is 0 Å². The normalized spacial score (nSPS) is 28.1. The second-order valence-electron chi connectivity index (χ2n) is 5.79. The summed E-state index contributed by atoms with van der Waals surface area (Å²) >= 11 is 0. The van der Waals surface area contributed by atoms with E-state index < -0.39 is 0 Å². The minimum atomic E-state index is -0.0201. The molecule has 2 atom stereocenters. The fourth-order valence-corrected chi connectivity index (χ4v) is 3.18. The van der Waals surface area contributed by atoms with E-state index in [4.69, 9.17) is 5.73 Å². The first-order chi connectivity index (χ1) is 8.72. The van der Waals surface area contributed by atoms with Gasteiger partial charge in [-0.25, -0.2) is 0 Å². The molecule has 1 amide bonds. The molecule has 0 aromatic rings. The summed E-state index contributed by atoms with van der Waals surface area (Å²) in [6, 6.07) is 0.707. The lowest BCUT2D eigenvalue weighted by atomic mass is 10.1. The van der Waals surface area contributed by atoms with Gasteiger partial charge < -0.3 is 15.5 Å². The average Bonchev–Trinajstić information content (AvgIpc) is 2.82. The molecule has 0 radical (unpaired) electrons. The fourth-order valence-electron chi connectivity index (χ4n) is 3.18. The minimum Gasteiger partial charge on any atom is -0.342 e. The van der Waals surface area contributed by atoms with Crippen LogP contribution in [0.1, 0.15) is 39.0 Å². The van der Waals surface area contributed by atoms with Gasteiger partial charge in [-0.3, -0.25) is 4.79 Å². The quantitative estimate of drug-likeness (QED) is 0.818. The molecule has 2 aliphatic rings. The van der Waals surface area contributed by atoms with Crippen LogP contribution in [0.4, 0.5) is 0 Å². The van der Waals surface area contributed by atoms with Gasteiger partial charge in [0, 0.05) is 31.6 Å². The molecule has 2 N–H and O–H groups in total. The predicted octanol–water partition coefficient (Wildman–Crippen LogP) is 1.06. The summed E-state index contributed by atoms with van der Waals surface area (Å²) in [6.07, 6.45) is 6.24. The maximum absolute atomic E-state index is 12.1. The standard InChI is InChI=1S/C14H27N3O/c1-12(11-15)14(18)17-9-4-5-13(6-10-17)16-7-2-3-8-16/h12-13H,2-11,15H2,1H3. The number of nitrogens with zero attached hydrogens (tertiary/aromatic N) is 2. The van der Waals surface area contributed by atoms with Gasteiger partial charge in [-0.2, -0.15) is 0 Å². The van der Waals surface area contributed by atoms with Crippen molar-refractivity contribution in [2.75, 3.05) is 32.7 Å². The molecule has 18 heavy (non-hydrogen) atoms. The molecule has 2 saturated heterocycles. The summed E-state index contributed by atoms with van der Waals surface area (Å²) in [5.74, 6) is 0.230. The van der Waals surface area contributed by atoms with Gasteiger partial charge in [0.25, 0.3) is 0 Å². The van der Waals surface area contributed by atoms with Crippen LogP contribution in [-0.2, 0) is 4.79 Å². The van der Waals surface area contributed by atoms with Crippen LogP contribution >= 0.6 is 0 Å². The number of rotatable bonds is 3. The Morgan fingerprint density at radius 2 is 1.89 bits per heavy atom. The molecule has 0 aromatic heterocycles. The van der Waals surface area contributed by atoms with Gasteiger partial charge in [0.2, 0.25) is 5.91 Å². The monoisotopic (exact) mass is 253 g/mol. The second-order valence-corrected chi connectivity index (χ2v) is 5.79. The molecular formula is C14H27N3O. The Morgan fingerprint density at radius 1 is 1.17 bits per heavy atom. The Balaban J connectivity index is 1.85. The van der Waals surface area contributed by atoms with Crippen molar-refractivity contribution in [1.82, 2.24) is 9.80 Å². The van der Waals surface area contributed by atoms with Gasteiger partial charge in [0.05, 0.1) is 0 Å². The van der Waals surface area contributed by atoms with Crippen molar-refractivity contribution in [3.8, 4) is 0 Å². The van der Waals surface area contributed by atoms with Gasteiger partial charge in [-0.15, -0.1) is 0 Å². The highest BCUT2D eigenvalue weighted by atomic mass is 16.2. The first kappa shape index (κ1) is 13.8. The number of carbonyl (C=O) groups excluding carboxylic acids is 1. The molecular weight excluding hydrogens is 226 g/mol. The number of carbonyl (C=O) groups is 1. The van der Waals surface area contributed by atoms with Crippen LogP contribution in [0.2, 0.25) is 0 Å². The van der Waals surface area contributed by atoms with E-state index in [1.807, 2.05) is 11.8 Å². The average molecular weight is 253 g/mol. The summed E-state index contributed by atoms with van der Waals surface area (Å²) in [4.78, 5) is 16.8. The summed E-state index contributed by atoms with van der Waals surface area (Å²) in [7, 11) is 0. The maximum atomic E-state index is 12.1. The molecule has 4 heteroatoms. The van der Waals surface area contributed by atoms with Gasteiger partial charge in [0.1, 0.15) is 0 Å². The summed E-state index contributed by atoms with van der Waals surface area (Å²) in [5.41, 5.74) is 5.59. The highest BCUT2D eigenvalue weighted by Crippen LogP contribution is 2.21. The molecule has 0 saturated carbocycles. The first-order valence-electron chi connectivity index (χ1n) is 7.45. The van der Waals surface area contributed by atoms with E-state index in [2.05, 4.69) is 4.90 Å². The van der Waals surface area contributed by atoms with E-state index in [0.717, 1.165) is 25.9 Å². The van der Waals surface area contributed by atoms with Gasteiger partial charge >= 0.3 is 0 Å².